The summed E-state index contributed by atoms with van der Waals surface area (Å²) >= 11 is 6.37. The van der Waals surface area contributed by atoms with Crippen molar-refractivity contribution in [2.75, 3.05) is 0 Å². The van der Waals surface area contributed by atoms with Crippen molar-refractivity contribution >= 4 is 11.6 Å². The maximum absolute atomic E-state index is 6.37. The molecule has 5 rings (SSSR count). The molecule has 1 spiro atoms. The van der Waals surface area contributed by atoms with Crippen molar-refractivity contribution in [3.05, 3.63) is 58.6 Å². The van der Waals surface area contributed by atoms with Crippen LogP contribution in [0.2, 0.25) is 5.02 Å². The minimum atomic E-state index is 0.251. The molecule has 0 aromatic heterocycles. The second kappa shape index (κ2) is 5.36. The van der Waals surface area contributed by atoms with Gasteiger partial charge in [0, 0.05) is 10.4 Å². The second-order valence-electron chi connectivity index (χ2n) is 8.29. The van der Waals surface area contributed by atoms with Crippen LogP contribution in [0.1, 0.15) is 56.6 Å². The number of hydrogen-bond donors (Lipinski definition) is 0. The Balaban J connectivity index is 1.73. The zero-order valence-corrected chi connectivity index (χ0v) is 15.2. The van der Waals surface area contributed by atoms with Crippen molar-refractivity contribution in [1.82, 2.24) is 0 Å². The summed E-state index contributed by atoms with van der Waals surface area (Å²) in [5, 5.41) is 0.865. The predicted octanol–water partition coefficient (Wildman–Crippen LogP) is 6.84. The van der Waals surface area contributed by atoms with Gasteiger partial charge in [-0.25, -0.2) is 0 Å². The first-order valence-corrected chi connectivity index (χ1v) is 10.00. The molecule has 2 fully saturated rings. The molecule has 2 aromatic carbocycles. The molecule has 4 unspecified atom stereocenters. The first-order valence-electron chi connectivity index (χ1n) is 9.62. The highest BCUT2D eigenvalue weighted by Gasteiger charge is 2.53. The van der Waals surface area contributed by atoms with Gasteiger partial charge < -0.3 is 0 Å². The van der Waals surface area contributed by atoms with E-state index >= 15 is 0 Å². The van der Waals surface area contributed by atoms with Crippen LogP contribution in [0.3, 0.4) is 0 Å². The van der Waals surface area contributed by atoms with Gasteiger partial charge in [-0.3, -0.25) is 0 Å². The maximum Gasteiger partial charge on any atom is 0.0412 e. The Morgan fingerprint density at radius 2 is 1.83 bits per heavy atom. The van der Waals surface area contributed by atoms with Crippen molar-refractivity contribution in [1.29, 1.82) is 0 Å². The van der Waals surface area contributed by atoms with Crippen molar-refractivity contribution in [2.24, 2.45) is 17.8 Å². The molecule has 2 aromatic rings. The molecule has 2 saturated carbocycles. The highest BCUT2D eigenvalue weighted by Crippen LogP contribution is 2.62. The van der Waals surface area contributed by atoms with Gasteiger partial charge in [-0.15, -0.1) is 0 Å². The van der Waals surface area contributed by atoms with E-state index in [9.17, 15) is 0 Å². The first kappa shape index (κ1) is 15.0. The molecule has 0 aliphatic heterocycles. The summed E-state index contributed by atoms with van der Waals surface area (Å²) in [6, 6.07) is 15.8. The Kier molecular flexibility index (Phi) is 3.36. The van der Waals surface area contributed by atoms with Crippen LogP contribution in [0.5, 0.6) is 0 Å². The van der Waals surface area contributed by atoms with E-state index in [1.165, 1.54) is 49.7 Å². The van der Waals surface area contributed by atoms with Gasteiger partial charge in [0.15, 0.2) is 0 Å². The minimum Gasteiger partial charge on any atom is -0.0843 e. The first-order chi connectivity index (χ1) is 11.7. The smallest absolute Gasteiger partial charge is 0.0412 e. The normalized spacial score (nSPS) is 33.3. The highest BCUT2D eigenvalue weighted by molar-refractivity contribution is 6.31. The number of halogens is 1. The molecule has 1 heteroatoms. The lowest BCUT2D eigenvalue weighted by molar-refractivity contribution is 0.0778. The molecule has 124 valence electrons. The van der Waals surface area contributed by atoms with Gasteiger partial charge in [-0.2, -0.15) is 0 Å². The molecule has 4 atom stereocenters. The Labute approximate surface area is 150 Å². The Morgan fingerprint density at radius 1 is 1.00 bits per heavy atom. The lowest BCUT2D eigenvalue weighted by Gasteiger charge is -2.51. The fourth-order valence-corrected chi connectivity index (χ4v) is 6.43. The molecule has 24 heavy (non-hydrogen) atoms. The number of fused-ring (bicyclic) bond motifs is 8. The molecule has 3 aliphatic carbocycles. The molecule has 2 bridgehead atoms. The van der Waals surface area contributed by atoms with E-state index in [0.717, 1.165) is 22.8 Å². The lowest BCUT2D eigenvalue weighted by atomic mass is 9.53. The van der Waals surface area contributed by atoms with E-state index in [1.807, 2.05) is 0 Å². The van der Waals surface area contributed by atoms with Crippen molar-refractivity contribution in [3.8, 4) is 11.1 Å². The van der Waals surface area contributed by atoms with Crippen LogP contribution in [0.4, 0.5) is 0 Å². The second-order valence-corrected chi connectivity index (χ2v) is 8.73. The van der Waals surface area contributed by atoms with Crippen LogP contribution < -0.4 is 0 Å². The SMILES string of the molecule is CCC1CC2CCC3(c4ccccc4-c4cc(Cl)ccc43)C(C1)C2. The van der Waals surface area contributed by atoms with Crippen LogP contribution in [-0.2, 0) is 5.41 Å². The number of hydrogen-bond acceptors (Lipinski definition) is 0. The summed E-state index contributed by atoms with van der Waals surface area (Å²) in [6.07, 6.45) is 8.36. The molecular formula is C23H25Cl. The molecule has 3 aliphatic rings. The van der Waals surface area contributed by atoms with E-state index in [1.54, 1.807) is 11.1 Å². The van der Waals surface area contributed by atoms with Crippen molar-refractivity contribution in [3.63, 3.8) is 0 Å². The third kappa shape index (κ3) is 1.93. The molecule has 0 N–H and O–H groups in total. The van der Waals surface area contributed by atoms with E-state index < -0.39 is 0 Å². The molecule has 0 saturated heterocycles. The Bertz CT molecular complexity index is 792. The number of rotatable bonds is 1. The fraction of sp³-hybridized carbons (Fsp3) is 0.478. The highest BCUT2D eigenvalue weighted by atomic mass is 35.5. The Hall–Kier alpha value is -1.27. The average Bonchev–Trinajstić information content (AvgIpc) is 2.89. The van der Waals surface area contributed by atoms with Crippen LogP contribution in [-0.4, -0.2) is 0 Å². The summed E-state index contributed by atoms with van der Waals surface area (Å²) in [7, 11) is 0. The van der Waals surface area contributed by atoms with Gasteiger partial charge in [0.05, 0.1) is 0 Å². The van der Waals surface area contributed by atoms with Crippen molar-refractivity contribution in [2.45, 2.75) is 50.9 Å². The summed E-state index contributed by atoms with van der Waals surface area (Å²) in [6.45, 7) is 2.38. The third-order valence-electron chi connectivity index (χ3n) is 7.28. The quantitative estimate of drug-likeness (QED) is 0.534. The lowest BCUT2D eigenvalue weighted by Crippen LogP contribution is -2.44. The topological polar surface area (TPSA) is 0 Å². The van der Waals surface area contributed by atoms with Crippen LogP contribution in [0.25, 0.3) is 11.1 Å². The minimum absolute atomic E-state index is 0.251. The largest absolute Gasteiger partial charge is 0.0843 e. The molecular weight excluding hydrogens is 312 g/mol. The molecule has 0 amide bonds. The summed E-state index contributed by atoms with van der Waals surface area (Å²) in [5.41, 5.74) is 6.24. The van der Waals surface area contributed by atoms with E-state index in [-0.39, 0.29) is 5.41 Å². The van der Waals surface area contributed by atoms with E-state index in [4.69, 9.17) is 11.6 Å². The fourth-order valence-electron chi connectivity index (χ4n) is 6.26. The van der Waals surface area contributed by atoms with E-state index in [2.05, 4.69) is 49.4 Å². The van der Waals surface area contributed by atoms with Gasteiger partial charge in [0.1, 0.15) is 0 Å². The van der Waals surface area contributed by atoms with Gasteiger partial charge in [-0.05, 0) is 84.2 Å². The summed E-state index contributed by atoms with van der Waals surface area (Å²) in [4.78, 5) is 0. The van der Waals surface area contributed by atoms with Gasteiger partial charge in [0.25, 0.3) is 0 Å². The molecule has 0 nitrogen and oxygen atoms in total. The molecule has 0 heterocycles. The van der Waals surface area contributed by atoms with Crippen LogP contribution >= 0.6 is 11.6 Å². The summed E-state index contributed by atoms with van der Waals surface area (Å²) < 4.78 is 0. The zero-order chi connectivity index (χ0) is 16.3. The van der Waals surface area contributed by atoms with Gasteiger partial charge in [0.2, 0.25) is 0 Å². The molecule has 0 radical (unpaired) electrons. The predicted molar refractivity (Wildman–Crippen MR) is 102 cm³/mol. The monoisotopic (exact) mass is 336 g/mol. The number of benzene rings is 2. The van der Waals surface area contributed by atoms with Gasteiger partial charge >= 0.3 is 0 Å². The van der Waals surface area contributed by atoms with E-state index in [0.29, 0.717) is 0 Å². The van der Waals surface area contributed by atoms with Crippen LogP contribution in [0, 0.1) is 17.8 Å². The standard InChI is InChI=1S/C23H25Cl/c1-2-15-11-16-9-10-23(17(12-15)13-16)21-6-4-3-5-19(21)20-14-18(24)7-8-22(20)23/h3-8,14-17H,2,9-13H2,1H3. The zero-order valence-electron chi connectivity index (χ0n) is 14.4. The van der Waals surface area contributed by atoms with Crippen molar-refractivity contribution < 1.29 is 0 Å². The average molecular weight is 337 g/mol. The third-order valence-corrected chi connectivity index (χ3v) is 7.52. The Morgan fingerprint density at radius 3 is 2.71 bits per heavy atom. The van der Waals surface area contributed by atoms with Gasteiger partial charge in [-0.1, -0.05) is 55.3 Å². The van der Waals surface area contributed by atoms with Crippen LogP contribution in [0.15, 0.2) is 42.5 Å². The maximum atomic E-state index is 6.37. The summed E-state index contributed by atoms with van der Waals surface area (Å²) in [5.74, 6) is 2.69.